The molecule has 0 amide bonds. The molecule has 2 atom stereocenters. The molecule has 3 aromatic carbocycles. The van der Waals surface area contributed by atoms with Crippen LogP contribution in [0.25, 0.3) is 10.9 Å². The molecule has 0 bridgehead atoms. The molecule has 0 N–H and O–H groups in total. The highest BCUT2D eigenvalue weighted by atomic mass is 19.1. The second-order valence-electron chi connectivity index (χ2n) is 9.32. The van der Waals surface area contributed by atoms with Crippen molar-refractivity contribution in [3.8, 4) is 23.0 Å². The molecule has 1 aliphatic carbocycles. The van der Waals surface area contributed by atoms with Crippen molar-refractivity contribution in [2.75, 3.05) is 13.7 Å². The minimum absolute atomic E-state index is 0.0408. The van der Waals surface area contributed by atoms with E-state index in [9.17, 15) is 9.18 Å². The predicted octanol–water partition coefficient (Wildman–Crippen LogP) is 6.22. The number of hydrogen-bond donors (Lipinski definition) is 0. The summed E-state index contributed by atoms with van der Waals surface area (Å²) in [5.74, 6) is 2.05. The highest BCUT2D eigenvalue weighted by Gasteiger charge is 2.32. The Morgan fingerprint density at radius 1 is 1.11 bits per heavy atom. The van der Waals surface area contributed by atoms with E-state index in [0.29, 0.717) is 48.0 Å². The lowest BCUT2D eigenvalue weighted by Gasteiger charge is -2.17. The van der Waals surface area contributed by atoms with Gasteiger partial charge in [-0.2, -0.15) is 0 Å². The van der Waals surface area contributed by atoms with E-state index in [1.54, 1.807) is 6.07 Å². The van der Waals surface area contributed by atoms with Crippen LogP contribution in [0.4, 0.5) is 4.39 Å². The van der Waals surface area contributed by atoms with Crippen LogP contribution >= 0.6 is 0 Å². The van der Waals surface area contributed by atoms with Gasteiger partial charge in [0, 0.05) is 52.8 Å². The zero-order valence-electron chi connectivity index (χ0n) is 20.1. The first-order valence-electron chi connectivity index (χ1n) is 12.0. The summed E-state index contributed by atoms with van der Waals surface area (Å²) in [6.45, 7) is 0.421. The summed E-state index contributed by atoms with van der Waals surface area (Å²) < 4.78 is 40.1. The van der Waals surface area contributed by atoms with Gasteiger partial charge >= 0.3 is 5.97 Å². The number of ether oxygens (including phenoxy) is 4. The number of methoxy groups -OCH3 is 1. The van der Waals surface area contributed by atoms with E-state index in [-0.39, 0.29) is 24.1 Å². The molecule has 0 saturated carbocycles. The van der Waals surface area contributed by atoms with Crippen LogP contribution in [0.5, 0.6) is 23.0 Å². The van der Waals surface area contributed by atoms with E-state index >= 15 is 0 Å². The minimum Gasteiger partial charge on any atom is -0.492 e. The zero-order valence-corrected chi connectivity index (χ0v) is 20.1. The first-order valence-corrected chi connectivity index (χ1v) is 12.0. The lowest BCUT2D eigenvalue weighted by atomic mass is 9.98. The Kier molecular flexibility index (Phi) is 5.55. The van der Waals surface area contributed by atoms with Crippen LogP contribution in [0.2, 0.25) is 0 Å². The fraction of sp³-hybridized carbons (Fsp3) is 0.276. The van der Waals surface area contributed by atoms with Crippen molar-refractivity contribution in [1.29, 1.82) is 0 Å². The number of carbonyl (C=O) groups excluding carboxylic acids is 1. The smallest absolute Gasteiger partial charge is 0.306 e. The summed E-state index contributed by atoms with van der Waals surface area (Å²) in [7, 11) is 3.39. The normalized spacial score (nSPS) is 18.0. The molecule has 0 spiro atoms. The molecule has 2 aliphatic rings. The van der Waals surface area contributed by atoms with Crippen LogP contribution < -0.4 is 14.2 Å². The number of esters is 1. The molecule has 2 heterocycles. The average Bonchev–Trinajstić information content (AvgIpc) is 3.59. The number of aromatic nitrogens is 1. The molecule has 6 nitrogen and oxygen atoms in total. The Morgan fingerprint density at radius 3 is 2.83 bits per heavy atom. The number of aryl methyl sites for hydroxylation is 1. The van der Waals surface area contributed by atoms with Crippen LogP contribution in [-0.2, 0) is 23.0 Å². The van der Waals surface area contributed by atoms with Crippen molar-refractivity contribution in [2.24, 2.45) is 7.05 Å². The number of fused-ring (bicyclic) bond motifs is 3. The van der Waals surface area contributed by atoms with Gasteiger partial charge in [-0.05, 0) is 55.3 Å². The van der Waals surface area contributed by atoms with Gasteiger partial charge in [0.05, 0.1) is 20.1 Å². The molecule has 7 heteroatoms. The van der Waals surface area contributed by atoms with E-state index < -0.39 is 6.10 Å². The number of rotatable bonds is 6. The highest BCUT2D eigenvalue weighted by molar-refractivity contribution is 5.81. The highest BCUT2D eigenvalue weighted by Crippen LogP contribution is 2.44. The lowest BCUT2D eigenvalue weighted by molar-refractivity contribution is -0.141. The fourth-order valence-corrected chi connectivity index (χ4v) is 5.25. The fourth-order valence-electron chi connectivity index (χ4n) is 5.25. The Bertz CT molecular complexity index is 1480. The van der Waals surface area contributed by atoms with E-state index in [1.165, 1.54) is 13.2 Å². The van der Waals surface area contributed by atoms with Gasteiger partial charge in [0.1, 0.15) is 34.9 Å². The molecule has 0 unspecified atom stereocenters. The quantitative estimate of drug-likeness (QED) is 0.303. The van der Waals surface area contributed by atoms with Crippen molar-refractivity contribution in [1.82, 2.24) is 4.57 Å². The van der Waals surface area contributed by atoms with Crippen molar-refractivity contribution < 1.29 is 28.1 Å². The van der Waals surface area contributed by atoms with Crippen molar-refractivity contribution in [3.63, 3.8) is 0 Å². The molecule has 0 fully saturated rings. The van der Waals surface area contributed by atoms with E-state index in [1.807, 2.05) is 55.7 Å². The van der Waals surface area contributed by atoms with E-state index in [0.717, 1.165) is 22.0 Å². The molecule has 0 saturated heterocycles. The number of hydrogen-bond acceptors (Lipinski definition) is 5. The number of carbonyl (C=O) groups is 1. The predicted molar refractivity (Wildman–Crippen MR) is 132 cm³/mol. The van der Waals surface area contributed by atoms with Gasteiger partial charge in [-0.15, -0.1) is 0 Å². The number of halogens is 1. The third-order valence-electron chi connectivity index (χ3n) is 7.11. The third-order valence-corrected chi connectivity index (χ3v) is 7.11. The second kappa shape index (κ2) is 8.90. The molecule has 6 rings (SSSR count). The zero-order chi connectivity index (χ0) is 24.8. The summed E-state index contributed by atoms with van der Waals surface area (Å²) in [6.07, 6.45) is 3.15. The SMILES string of the molecule is COC(=O)C[C@@H]1COc2cc(O[C@@H]3CCc4c(Oc5ccc6c(ccn6C)c5)ccc(F)c43)ccc21. The van der Waals surface area contributed by atoms with Crippen molar-refractivity contribution >= 4 is 16.9 Å². The number of nitrogens with zero attached hydrogens (tertiary/aromatic N) is 1. The van der Waals surface area contributed by atoms with Gasteiger partial charge in [0.15, 0.2) is 0 Å². The molecular formula is C29H26FNO5. The minimum atomic E-state index is -0.425. The van der Waals surface area contributed by atoms with Gasteiger partial charge in [0.25, 0.3) is 0 Å². The maximum atomic E-state index is 15.0. The summed E-state index contributed by atoms with van der Waals surface area (Å²) >= 11 is 0. The Hall–Kier alpha value is -4.00. The Labute approximate surface area is 208 Å². The molecule has 184 valence electrons. The second-order valence-corrected chi connectivity index (χ2v) is 9.32. The van der Waals surface area contributed by atoms with Gasteiger partial charge in [0.2, 0.25) is 0 Å². The molecule has 1 aromatic heterocycles. The molecule has 36 heavy (non-hydrogen) atoms. The number of benzene rings is 3. The van der Waals surface area contributed by atoms with Crippen LogP contribution in [0, 0.1) is 5.82 Å². The summed E-state index contributed by atoms with van der Waals surface area (Å²) in [4.78, 5) is 11.7. The molecule has 0 radical (unpaired) electrons. The first-order chi connectivity index (χ1) is 17.5. The maximum absolute atomic E-state index is 15.0. The van der Waals surface area contributed by atoms with Gasteiger partial charge in [-0.1, -0.05) is 6.07 Å². The maximum Gasteiger partial charge on any atom is 0.306 e. The Morgan fingerprint density at radius 2 is 1.97 bits per heavy atom. The first kappa shape index (κ1) is 22.5. The standard InChI is InChI=1S/C29H26FNO5/c1-31-12-11-17-13-19(4-8-24(17)31)35-25-10-7-23(30)29-22(25)6-9-26(29)36-20-3-5-21-18(14-28(32)33-2)16-34-27(21)15-20/h3-5,7-8,10-13,15,18,26H,6,9,14,16H2,1-2H3/t18-,26-/m1/s1. The van der Waals surface area contributed by atoms with Gasteiger partial charge in [-0.3, -0.25) is 4.79 Å². The monoisotopic (exact) mass is 487 g/mol. The largest absolute Gasteiger partial charge is 0.492 e. The van der Waals surface area contributed by atoms with E-state index in [2.05, 4.69) is 4.57 Å². The summed E-state index contributed by atoms with van der Waals surface area (Å²) in [5.41, 5.74) is 3.45. The average molecular weight is 488 g/mol. The topological polar surface area (TPSA) is 58.9 Å². The third kappa shape index (κ3) is 3.94. The van der Waals surface area contributed by atoms with Crippen LogP contribution in [0.1, 0.15) is 41.6 Å². The van der Waals surface area contributed by atoms with Crippen LogP contribution in [0.3, 0.4) is 0 Å². The summed E-state index contributed by atoms with van der Waals surface area (Å²) in [6, 6.07) is 16.7. The van der Waals surface area contributed by atoms with Crippen molar-refractivity contribution in [3.05, 3.63) is 83.3 Å². The van der Waals surface area contributed by atoms with Gasteiger partial charge in [-0.25, -0.2) is 4.39 Å². The van der Waals surface area contributed by atoms with E-state index in [4.69, 9.17) is 18.9 Å². The van der Waals surface area contributed by atoms with Crippen molar-refractivity contribution in [2.45, 2.75) is 31.3 Å². The molecule has 4 aromatic rings. The van der Waals surface area contributed by atoms with Gasteiger partial charge < -0.3 is 23.5 Å². The molecule has 1 aliphatic heterocycles. The lowest BCUT2D eigenvalue weighted by Crippen LogP contribution is -2.09. The Balaban J connectivity index is 1.22. The van der Waals surface area contributed by atoms with Crippen LogP contribution in [0.15, 0.2) is 60.8 Å². The molecular weight excluding hydrogens is 461 g/mol. The van der Waals surface area contributed by atoms with Crippen LogP contribution in [-0.4, -0.2) is 24.3 Å². The summed E-state index contributed by atoms with van der Waals surface area (Å²) in [5, 5.41) is 1.09.